The van der Waals surface area contributed by atoms with Crippen molar-refractivity contribution in [2.24, 2.45) is 7.05 Å². The smallest absolute Gasteiger partial charge is 0.462 e. The Hall–Kier alpha value is -5.72. The van der Waals surface area contributed by atoms with E-state index in [1.165, 1.54) is 12.1 Å². The molecule has 14 nitrogen and oxygen atoms in total. The van der Waals surface area contributed by atoms with Crippen LogP contribution in [-0.4, -0.2) is 85.7 Å². The van der Waals surface area contributed by atoms with Gasteiger partial charge in [0.15, 0.2) is 18.2 Å². The number of carbonyl (C=O) groups is 4. The van der Waals surface area contributed by atoms with Crippen LogP contribution in [0.2, 0.25) is 5.02 Å². The molecule has 57 heavy (non-hydrogen) atoms. The second-order valence-corrected chi connectivity index (χ2v) is 13.7. The summed E-state index contributed by atoms with van der Waals surface area (Å²) >= 11 is 6.31. The van der Waals surface area contributed by atoms with Crippen LogP contribution in [0.15, 0.2) is 42.7 Å². The number of aryl methyl sites for hydroxylation is 1. The van der Waals surface area contributed by atoms with Crippen molar-refractivity contribution < 1.29 is 73.2 Å². The zero-order valence-electron chi connectivity index (χ0n) is 30.1. The first kappa shape index (κ1) is 44.0. The van der Waals surface area contributed by atoms with Crippen LogP contribution in [-0.2, 0) is 47.7 Å². The minimum atomic E-state index is -6.41. The number of aromatic nitrogens is 4. The van der Waals surface area contributed by atoms with Gasteiger partial charge in [0.2, 0.25) is 0 Å². The Bertz CT molecular complexity index is 2100. The second kappa shape index (κ2) is 16.4. The van der Waals surface area contributed by atoms with Crippen LogP contribution in [0.5, 0.6) is 0 Å². The zero-order chi connectivity index (χ0) is 42.7. The number of hydrogen-bond acceptors (Lipinski definition) is 11. The highest BCUT2D eigenvalue weighted by molar-refractivity contribution is 6.34. The molecule has 3 aromatic rings. The normalized spacial score (nSPS) is 14.2. The maximum absolute atomic E-state index is 14.2. The standard InChI is InChI=1S/C34H31ClF8N6O8/c1-30(2,3)57-24(51)9-8-23(50)54-12-5-13-55-29(53)56-18-48(31(17-44)10-11-31)28(52)21-14-19(6-7-22(21)35)20-15-45-49(16-20)27-25(33(38,39)40)26(46-47(27)4)32(36,37)34(41,42)43/h6-9,14-16H,5,10-13,18H2,1-4H3/b9-8+. The number of nitrogens with zero attached hydrogens (tertiary/aromatic N) is 6. The van der Waals surface area contributed by atoms with Crippen molar-refractivity contribution in [3.63, 3.8) is 0 Å². The van der Waals surface area contributed by atoms with Gasteiger partial charge in [0.05, 0.1) is 36.1 Å². The van der Waals surface area contributed by atoms with Crippen LogP contribution in [0.25, 0.3) is 16.9 Å². The molecule has 1 aromatic carbocycles. The van der Waals surface area contributed by atoms with Gasteiger partial charge in [-0.2, -0.15) is 50.6 Å². The van der Waals surface area contributed by atoms with E-state index in [2.05, 4.69) is 10.2 Å². The van der Waals surface area contributed by atoms with Crippen molar-refractivity contribution in [2.45, 2.75) is 69.4 Å². The molecule has 0 unspecified atom stereocenters. The van der Waals surface area contributed by atoms with E-state index in [0.717, 1.165) is 35.5 Å². The molecule has 0 saturated heterocycles. The molecule has 1 amide bonds. The summed E-state index contributed by atoms with van der Waals surface area (Å²) in [5.41, 5.74) is -7.45. The summed E-state index contributed by atoms with van der Waals surface area (Å²) < 4.78 is 130. The lowest BCUT2D eigenvalue weighted by Crippen LogP contribution is -2.43. The second-order valence-electron chi connectivity index (χ2n) is 13.2. The van der Waals surface area contributed by atoms with Crippen LogP contribution >= 0.6 is 11.6 Å². The van der Waals surface area contributed by atoms with Gasteiger partial charge in [-0.1, -0.05) is 17.7 Å². The van der Waals surface area contributed by atoms with Gasteiger partial charge in [0, 0.05) is 37.4 Å². The molecule has 2 aromatic heterocycles. The first-order chi connectivity index (χ1) is 26.3. The maximum atomic E-state index is 14.2. The minimum absolute atomic E-state index is 0.00416. The molecule has 1 aliphatic rings. The minimum Gasteiger partial charge on any atom is -0.462 e. The molecule has 0 aliphatic heterocycles. The molecule has 0 radical (unpaired) electrons. The monoisotopic (exact) mass is 838 g/mol. The van der Waals surface area contributed by atoms with Gasteiger partial charge in [0.25, 0.3) is 5.91 Å². The largest absolute Gasteiger partial charge is 0.510 e. The van der Waals surface area contributed by atoms with Crippen LogP contribution in [0.4, 0.5) is 39.9 Å². The third-order valence-corrected chi connectivity index (χ3v) is 8.13. The van der Waals surface area contributed by atoms with E-state index in [1.807, 2.05) is 6.07 Å². The Morgan fingerprint density at radius 1 is 0.965 bits per heavy atom. The van der Waals surface area contributed by atoms with Crippen molar-refractivity contribution in [3.05, 3.63) is 64.6 Å². The van der Waals surface area contributed by atoms with E-state index >= 15 is 0 Å². The molecule has 23 heteroatoms. The first-order valence-electron chi connectivity index (χ1n) is 16.4. The number of ether oxygens (including phenoxy) is 4. The molecule has 1 aliphatic carbocycles. The number of alkyl halides is 8. The van der Waals surface area contributed by atoms with E-state index in [0.29, 0.717) is 11.7 Å². The summed E-state index contributed by atoms with van der Waals surface area (Å²) in [5, 5.41) is 16.2. The summed E-state index contributed by atoms with van der Waals surface area (Å²) in [7, 11) is 0.712. The Labute approximate surface area is 322 Å². The highest BCUT2D eigenvalue weighted by Gasteiger charge is 2.64. The van der Waals surface area contributed by atoms with Gasteiger partial charge in [-0.3, -0.25) is 9.69 Å². The Balaban J connectivity index is 1.46. The number of nitriles is 1. The Morgan fingerprint density at radius 3 is 2.18 bits per heavy atom. The summed E-state index contributed by atoms with van der Waals surface area (Å²) in [6, 6.07) is 5.61. The molecule has 1 saturated carbocycles. The van der Waals surface area contributed by atoms with E-state index in [4.69, 9.17) is 30.5 Å². The lowest BCUT2D eigenvalue weighted by atomic mass is 10.0. The molecule has 308 valence electrons. The average molecular weight is 839 g/mol. The van der Waals surface area contributed by atoms with Crippen molar-refractivity contribution in [1.29, 1.82) is 5.26 Å². The van der Waals surface area contributed by atoms with E-state index in [9.17, 15) is 59.6 Å². The van der Waals surface area contributed by atoms with Gasteiger partial charge in [-0.05, 0) is 51.3 Å². The number of hydrogen-bond donors (Lipinski definition) is 0. The molecular weight excluding hydrogens is 808 g/mol. The third-order valence-electron chi connectivity index (χ3n) is 7.80. The number of halogens is 9. The molecule has 0 N–H and O–H groups in total. The topological polar surface area (TPSA) is 168 Å². The van der Waals surface area contributed by atoms with E-state index in [1.54, 1.807) is 20.8 Å². The lowest BCUT2D eigenvalue weighted by Gasteiger charge is -2.27. The molecule has 0 atom stereocenters. The van der Waals surface area contributed by atoms with Gasteiger partial charge >= 0.3 is 36.4 Å². The number of esters is 2. The van der Waals surface area contributed by atoms with Gasteiger partial charge < -0.3 is 18.9 Å². The molecule has 0 spiro atoms. The van der Waals surface area contributed by atoms with Crippen LogP contribution in [0, 0.1) is 11.3 Å². The van der Waals surface area contributed by atoms with E-state index in [-0.39, 0.29) is 58.9 Å². The van der Waals surface area contributed by atoms with Crippen LogP contribution in [0.3, 0.4) is 0 Å². The third kappa shape index (κ3) is 10.4. The fraction of sp³-hybridized carbons (Fsp3) is 0.441. The Morgan fingerprint density at radius 2 is 1.60 bits per heavy atom. The molecule has 0 bridgehead atoms. The van der Waals surface area contributed by atoms with Crippen LogP contribution in [0.1, 0.15) is 61.6 Å². The predicted octanol–water partition coefficient (Wildman–Crippen LogP) is 7.04. The average Bonchev–Trinajstić information content (AvgIpc) is 3.56. The molecule has 4 rings (SSSR count). The number of rotatable bonds is 13. The number of benzene rings is 1. The fourth-order valence-electron chi connectivity index (χ4n) is 5.00. The zero-order valence-corrected chi connectivity index (χ0v) is 30.9. The molecule has 1 fully saturated rings. The SMILES string of the molecule is Cn1nc(C(F)(F)C(F)(F)F)c(C(F)(F)F)c1-n1cc(-c2ccc(Cl)c(C(=O)N(COC(=O)OCCCOC(=O)/C=C/C(=O)OC(C)(C)C)C3(C#N)CC3)c2)cn1. The summed E-state index contributed by atoms with van der Waals surface area (Å²) in [6.45, 7) is 3.58. The summed E-state index contributed by atoms with van der Waals surface area (Å²) in [4.78, 5) is 50.4. The first-order valence-corrected chi connectivity index (χ1v) is 16.7. The predicted molar refractivity (Wildman–Crippen MR) is 177 cm³/mol. The summed E-state index contributed by atoms with van der Waals surface area (Å²) in [6.07, 6.45) is -9.54. The highest BCUT2D eigenvalue weighted by Crippen LogP contribution is 2.49. The van der Waals surface area contributed by atoms with Crippen LogP contribution < -0.4 is 0 Å². The number of carbonyl (C=O) groups excluding carboxylic acids is 4. The van der Waals surface area contributed by atoms with Crippen molar-refractivity contribution in [2.75, 3.05) is 19.9 Å². The molecule has 2 heterocycles. The van der Waals surface area contributed by atoms with Gasteiger partial charge in [-0.15, -0.1) is 0 Å². The Kier molecular flexibility index (Phi) is 12.7. The number of amides is 1. The van der Waals surface area contributed by atoms with Crippen molar-refractivity contribution in [3.8, 4) is 23.0 Å². The quantitative estimate of drug-likeness (QED) is 0.0433. The van der Waals surface area contributed by atoms with Gasteiger partial charge in [0.1, 0.15) is 16.7 Å². The van der Waals surface area contributed by atoms with E-state index < -0.39 is 77.2 Å². The van der Waals surface area contributed by atoms with Crippen molar-refractivity contribution >= 4 is 35.6 Å². The highest BCUT2D eigenvalue weighted by atomic mass is 35.5. The lowest BCUT2D eigenvalue weighted by molar-refractivity contribution is -0.292. The van der Waals surface area contributed by atoms with Crippen molar-refractivity contribution in [1.82, 2.24) is 24.5 Å². The fourth-order valence-corrected chi connectivity index (χ4v) is 5.20. The molecular formula is C34H31ClF8N6O8. The van der Waals surface area contributed by atoms with Gasteiger partial charge in [-0.25, -0.2) is 23.7 Å². The summed E-state index contributed by atoms with van der Waals surface area (Å²) in [5.74, 6) is -9.81. The maximum Gasteiger partial charge on any atom is 0.510 e.